The number of nitrogens with zero attached hydrogens (tertiary/aromatic N) is 2. The summed E-state index contributed by atoms with van der Waals surface area (Å²) in [6.07, 6.45) is 0.434. The molecule has 1 unspecified atom stereocenters. The van der Waals surface area contributed by atoms with Crippen LogP contribution in [0.3, 0.4) is 0 Å². The van der Waals surface area contributed by atoms with Crippen molar-refractivity contribution in [2.24, 2.45) is 0 Å². The molecule has 0 radical (unpaired) electrons. The van der Waals surface area contributed by atoms with Gasteiger partial charge in [0.05, 0.1) is 22.0 Å². The summed E-state index contributed by atoms with van der Waals surface area (Å²) in [4.78, 5) is 13.4. The number of nitrogen functional groups attached to an aromatic ring is 1. The lowest BCUT2D eigenvalue weighted by molar-refractivity contribution is -0.117. The van der Waals surface area contributed by atoms with Gasteiger partial charge in [-0.05, 0) is 12.1 Å². The molecular formula is C11H9BrClN3O. The van der Waals surface area contributed by atoms with E-state index >= 15 is 0 Å². The molecule has 0 aliphatic carbocycles. The van der Waals surface area contributed by atoms with Gasteiger partial charge >= 0.3 is 0 Å². The standard InChI is InChI=1S/C11H9BrClN3O/c12-6-3-10(17)16(5-6)9-2-1-8(13)7(4-14)11(9)15/h1-2,6H,3,5,15H2. The summed E-state index contributed by atoms with van der Waals surface area (Å²) in [5, 5.41) is 9.26. The van der Waals surface area contributed by atoms with Crippen LogP contribution in [0.1, 0.15) is 12.0 Å². The van der Waals surface area contributed by atoms with E-state index in [1.807, 2.05) is 6.07 Å². The lowest BCUT2D eigenvalue weighted by atomic mass is 10.1. The highest BCUT2D eigenvalue weighted by molar-refractivity contribution is 9.09. The van der Waals surface area contributed by atoms with Gasteiger partial charge in [0.2, 0.25) is 5.91 Å². The summed E-state index contributed by atoms with van der Waals surface area (Å²) in [5.74, 6) is -0.00946. The smallest absolute Gasteiger partial charge is 0.228 e. The van der Waals surface area contributed by atoms with E-state index in [1.54, 1.807) is 17.0 Å². The average molecular weight is 315 g/mol. The Hall–Kier alpha value is -1.25. The van der Waals surface area contributed by atoms with Crippen molar-refractivity contribution in [3.05, 3.63) is 22.7 Å². The molecule has 6 heteroatoms. The largest absolute Gasteiger partial charge is 0.396 e. The van der Waals surface area contributed by atoms with Crippen molar-refractivity contribution in [2.75, 3.05) is 17.2 Å². The molecular weight excluding hydrogens is 305 g/mol. The number of carbonyl (C=O) groups excluding carboxylic acids is 1. The van der Waals surface area contributed by atoms with E-state index in [1.165, 1.54) is 0 Å². The predicted molar refractivity (Wildman–Crippen MR) is 70.3 cm³/mol. The summed E-state index contributed by atoms with van der Waals surface area (Å²) in [7, 11) is 0. The molecule has 1 aliphatic heterocycles. The van der Waals surface area contributed by atoms with Gasteiger partial charge in [-0.2, -0.15) is 5.26 Å². The SMILES string of the molecule is N#Cc1c(Cl)ccc(N2CC(Br)CC2=O)c1N. The summed E-state index contributed by atoms with van der Waals surface area (Å²) < 4.78 is 0. The van der Waals surface area contributed by atoms with Gasteiger partial charge in [0, 0.05) is 17.8 Å². The Labute approximate surface area is 112 Å². The molecule has 1 saturated heterocycles. The number of halogens is 2. The third kappa shape index (κ3) is 2.11. The maximum atomic E-state index is 11.7. The number of carbonyl (C=O) groups is 1. The first kappa shape index (κ1) is 12.2. The normalized spacial score (nSPS) is 19.5. The fourth-order valence-electron chi connectivity index (χ4n) is 1.83. The lowest BCUT2D eigenvalue weighted by Crippen LogP contribution is -2.25. The van der Waals surface area contributed by atoms with E-state index in [0.717, 1.165) is 0 Å². The Morgan fingerprint density at radius 1 is 1.59 bits per heavy atom. The quantitative estimate of drug-likeness (QED) is 0.638. The number of nitriles is 1. The van der Waals surface area contributed by atoms with Gasteiger partial charge in [-0.15, -0.1) is 0 Å². The minimum atomic E-state index is -0.00946. The number of benzene rings is 1. The van der Waals surface area contributed by atoms with Crippen LogP contribution in [0.25, 0.3) is 0 Å². The van der Waals surface area contributed by atoms with Gasteiger partial charge in [0.1, 0.15) is 6.07 Å². The third-order valence-corrected chi connectivity index (χ3v) is 3.58. The monoisotopic (exact) mass is 313 g/mol. The second kappa shape index (κ2) is 4.55. The number of nitrogens with two attached hydrogens (primary N) is 1. The first-order chi connectivity index (χ1) is 8.04. The number of alkyl halides is 1. The molecule has 0 aromatic heterocycles. The van der Waals surface area contributed by atoms with Gasteiger partial charge in [-0.25, -0.2) is 0 Å². The highest BCUT2D eigenvalue weighted by Crippen LogP contribution is 2.34. The summed E-state index contributed by atoms with van der Waals surface area (Å²) in [5.41, 5.74) is 6.90. The van der Waals surface area contributed by atoms with Gasteiger partial charge in [0.25, 0.3) is 0 Å². The molecule has 0 bridgehead atoms. The second-order valence-electron chi connectivity index (χ2n) is 3.77. The zero-order valence-corrected chi connectivity index (χ0v) is 11.1. The molecule has 1 aliphatic rings. The minimum Gasteiger partial charge on any atom is -0.396 e. The molecule has 2 N–H and O–H groups in total. The molecule has 1 heterocycles. The van der Waals surface area contributed by atoms with Crippen molar-refractivity contribution in [2.45, 2.75) is 11.2 Å². The first-order valence-corrected chi connectivity index (χ1v) is 6.26. The summed E-state index contributed by atoms with van der Waals surface area (Å²) in [6.45, 7) is 0.551. The van der Waals surface area contributed by atoms with Crippen LogP contribution < -0.4 is 10.6 Å². The van der Waals surface area contributed by atoms with E-state index < -0.39 is 0 Å². The van der Waals surface area contributed by atoms with Crippen molar-refractivity contribution in [3.63, 3.8) is 0 Å². The third-order valence-electron chi connectivity index (χ3n) is 2.65. The number of anilines is 2. The van der Waals surface area contributed by atoms with E-state index in [9.17, 15) is 4.79 Å². The molecule has 17 heavy (non-hydrogen) atoms. The number of hydrogen-bond donors (Lipinski definition) is 1. The average Bonchev–Trinajstić information content (AvgIpc) is 2.59. The van der Waals surface area contributed by atoms with Crippen LogP contribution in [-0.2, 0) is 4.79 Å². The second-order valence-corrected chi connectivity index (χ2v) is 5.47. The van der Waals surface area contributed by atoms with Crippen LogP contribution in [0.4, 0.5) is 11.4 Å². The topological polar surface area (TPSA) is 70.1 Å². The predicted octanol–water partition coefficient (Wildman–Crippen LogP) is 2.29. The number of hydrogen-bond acceptors (Lipinski definition) is 3. The highest BCUT2D eigenvalue weighted by Gasteiger charge is 2.30. The van der Waals surface area contributed by atoms with Crippen LogP contribution in [0.5, 0.6) is 0 Å². The molecule has 1 fully saturated rings. The Balaban J connectivity index is 2.48. The van der Waals surface area contributed by atoms with Crippen molar-refractivity contribution in [1.29, 1.82) is 5.26 Å². The Kier molecular flexibility index (Phi) is 3.27. The molecule has 1 aromatic carbocycles. The van der Waals surface area contributed by atoms with Crippen molar-refractivity contribution in [3.8, 4) is 6.07 Å². The minimum absolute atomic E-state index is 0.00946. The van der Waals surface area contributed by atoms with Gasteiger partial charge < -0.3 is 10.6 Å². The molecule has 4 nitrogen and oxygen atoms in total. The van der Waals surface area contributed by atoms with Crippen molar-refractivity contribution < 1.29 is 4.79 Å². The molecule has 88 valence electrons. The molecule has 1 amide bonds. The summed E-state index contributed by atoms with van der Waals surface area (Å²) >= 11 is 9.25. The van der Waals surface area contributed by atoms with Crippen LogP contribution in [0, 0.1) is 11.3 Å². The van der Waals surface area contributed by atoms with Gasteiger partial charge in [0.15, 0.2) is 0 Å². The van der Waals surface area contributed by atoms with Crippen LogP contribution >= 0.6 is 27.5 Å². The molecule has 1 atom stereocenters. The number of rotatable bonds is 1. The summed E-state index contributed by atoms with van der Waals surface area (Å²) in [6, 6.07) is 5.20. The fraction of sp³-hybridized carbons (Fsp3) is 0.273. The molecule has 2 rings (SSSR count). The Bertz CT molecular complexity index is 526. The fourth-order valence-corrected chi connectivity index (χ4v) is 2.60. The van der Waals surface area contributed by atoms with E-state index in [4.69, 9.17) is 22.6 Å². The molecule has 0 spiro atoms. The Morgan fingerprint density at radius 3 is 2.82 bits per heavy atom. The maximum absolute atomic E-state index is 11.7. The Morgan fingerprint density at radius 2 is 2.29 bits per heavy atom. The van der Waals surface area contributed by atoms with Gasteiger partial charge in [-0.3, -0.25) is 4.79 Å². The lowest BCUT2D eigenvalue weighted by Gasteiger charge is -2.19. The highest BCUT2D eigenvalue weighted by atomic mass is 79.9. The van der Waals surface area contributed by atoms with Crippen LogP contribution in [0.15, 0.2) is 12.1 Å². The number of amides is 1. The van der Waals surface area contributed by atoms with E-state index in [0.29, 0.717) is 23.7 Å². The van der Waals surface area contributed by atoms with E-state index in [2.05, 4.69) is 15.9 Å². The van der Waals surface area contributed by atoms with Crippen molar-refractivity contribution >= 4 is 44.8 Å². The van der Waals surface area contributed by atoms with Crippen molar-refractivity contribution in [1.82, 2.24) is 0 Å². The molecule has 0 saturated carbocycles. The maximum Gasteiger partial charge on any atom is 0.228 e. The first-order valence-electron chi connectivity index (χ1n) is 4.97. The van der Waals surface area contributed by atoms with Crippen LogP contribution in [-0.4, -0.2) is 17.3 Å². The van der Waals surface area contributed by atoms with Gasteiger partial charge in [-0.1, -0.05) is 27.5 Å². The van der Waals surface area contributed by atoms with E-state index in [-0.39, 0.29) is 22.0 Å². The molecule has 1 aromatic rings. The van der Waals surface area contributed by atoms with Crippen LogP contribution in [0.2, 0.25) is 5.02 Å². The zero-order valence-electron chi connectivity index (χ0n) is 8.78. The zero-order chi connectivity index (χ0) is 12.6.